The van der Waals surface area contributed by atoms with Crippen molar-refractivity contribution in [2.45, 2.75) is 25.8 Å². The quantitative estimate of drug-likeness (QED) is 0.889. The van der Waals surface area contributed by atoms with Crippen molar-refractivity contribution < 1.29 is 4.79 Å². The van der Waals surface area contributed by atoms with Gasteiger partial charge in [0.25, 0.3) is 0 Å². The van der Waals surface area contributed by atoms with Gasteiger partial charge in [0.05, 0.1) is 10.7 Å². The summed E-state index contributed by atoms with van der Waals surface area (Å²) in [7, 11) is 0. The van der Waals surface area contributed by atoms with E-state index in [-0.39, 0.29) is 24.2 Å². The van der Waals surface area contributed by atoms with E-state index in [0.29, 0.717) is 11.1 Å². The lowest BCUT2D eigenvalue weighted by atomic mass is 9.92. The van der Waals surface area contributed by atoms with Crippen LogP contribution < -0.4 is 10.6 Å². The summed E-state index contributed by atoms with van der Waals surface area (Å²) in [4.78, 5) is 12.3. The molecule has 1 fully saturated rings. The number of hydrogen-bond acceptors (Lipinski definition) is 3. The van der Waals surface area contributed by atoms with Gasteiger partial charge < -0.3 is 10.6 Å². The Kier molecular flexibility index (Phi) is 6.04. The molecule has 2 heterocycles. The van der Waals surface area contributed by atoms with Crippen molar-refractivity contribution >= 4 is 35.6 Å². The zero-order valence-corrected chi connectivity index (χ0v) is 14.4. The third kappa shape index (κ3) is 4.25. The van der Waals surface area contributed by atoms with Crippen molar-refractivity contribution in [3.8, 4) is 5.69 Å². The average Bonchev–Trinajstić information content (AvgIpc) is 3.01. The van der Waals surface area contributed by atoms with E-state index in [1.807, 2.05) is 24.4 Å². The maximum absolute atomic E-state index is 12.3. The molecule has 2 N–H and O–H groups in total. The molecule has 1 aliphatic rings. The highest BCUT2D eigenvalue weighted by Gasteiger charge is 2.24. The summed E-state index contributed by atoms with van der Waals surface area (Å²) in [5.41, 5.74) is 1.51. The molecule has 0 bridgehead atoms. The first-order chi connectivity index (χ1) is 10.6. The highest BCUT2D eigenvalue weighted by Crippen LogP contribution is 2.25. The van der Waals surface area contributed by atoms with E-state index in [1.165, 1.54) is 0 Å². The monoisotopic (exact) mass is 354 g/mol. The fraction of sp³-hybridized carbons (Fsp3) is 0.375. The van der Waals surface area contributed by atoms with Crippen molar-refractivity contribution in [3.05, 3.63) is 41.7 Å². The van der Waals surface area contributed by atoms with Gasteiger partial charge >= 0.3 is 0 Å². The highest BCUT2D eigenvalue weighted by molar-refractivity contribution is 6.32. The largest absolute Gasteiger partial charge is 0.326 e. The topological polar surface area (TPSA) is 59.0 Å². The number of carbonyl (C=O) groups excluding carboxylic acids is 1. The lowest BCUT2D eigenvalue weighted by molar-refractivity contribution is -0.120. The van der Waals surface area contributed by atoms with Gasteiger partial charge in [-0.2, -0.15) is 5.10 Å². The van der Waals surface area contributed by atoms with Crippen LogP contribution in [-0.2, 0) is 4.79 Å². The second-order valence-corrected chi connectivity index (χ2v) is 6.09. The Bertz CT molecular complexity index is 660. The number of nitrogens with zero attached hydrogens (tertiary/aromatic N) is 2. The number of rotatable bonds is 3. The van der Waals surface area contributed by atoms with Crippen LogP contribution in [-0.4, -0.2) is 28.3 Å². The van der Waals surface area contributed by atoms with Crippen molar-refractivity contribution in [2.24, 2.45) is 5.92 Å². The van der Waals surface area contributed by atoms with Crippen LogP contribution in [0.5, 0.6) is 0 Å². The predicted octanol–water partition coefficient (Wildman–Crippen LogP) is 3.27. The predicted molar refractivity (Wildman–Crippen MR) is 94.6 cm³/mol. The van der Waals surface area contributed by atoms with Gasteiger partial charge in [0, 0.05) is 30.0 Å². The average molecular weight is 355 g/mol. The van der Waals surface area contributed by atoms with Crippen molar-refractivity contribution in [2.75, 3.05) is 11.9 Å². The molecule has 1 aromatic carbocycles. The van der Waals surface area contributed by atoms with E-state index in [2.05, 4.69) is 22.7 Å². The smallest absolute Gasteiger partial charge is 0.227 e. The van der Waals surface area contributed by atoms with Gasteiger partial charge in [-0.1, -0.05) is 11.6 Å². The maximum Gasteiger partial charge on any atom is 0.227 e. The van der Waals surface area contributed by atoms with Gasteiger partial charge in [0.2, 0.25) is 5.91 Å². The highest BCUT2D eigenvalue weighted by atomic mass is 35.5. The summed E-state index contributed by atoms with van der Waals surface area (Å²) in [6.45, 7) is 2.99. The van der Waals surface area contributed by atoms with Crippen LogP contribution in [0.2, 0.25) is 5.02 Å². The molecule has 2 aromatic rings. The van der Waals surface area contributed by atoms with Gasteiger partial charge in [-0.05, 0) is 50.6 Å². The Labute approximate surface area is 146 Å². The Morgan fingerprint density at radius 1 is 1.48 bits per heavy atom. The molecule has 5 nitrogen and oxygen atoms in total. The number of amides is 1. The molecule has 1 aromatic heterocycles. The van der Waals surface area contributed by atoms with Crippen LogP contribution in [0.4, 0.5) is 5.69 Å². The molecule has 1 aliphatic heterocycles. The summed E-state index contributed by atoms with van der Waals surface area (Å²) in [6, 6.07) is 7.70. The van der Waals surface area contributed by atoms with Crippen molar-refractivity contribution in [3.63, 3.8) is 0 Å². The minimum absolute atomic E-state index is 0. The molecule has 23 heavy (non-hydrogen) atoms. The molecular weight excluding hydrogens is 335 g/mol. The molecule has 0 saturated carbocycles. The number of piperidine rings is 1. The number of anilines is 1. The standard InChI is InChI=1S/C16H19ClN4O.ClH/c1-11-9-12(5-7-18-11)16(22)20-13-3-4-15(14(17)10-13)21-8-2-6-19-21;/h2-4,6,8,10-12,18H,5,7,9H2,1H3,(H,20,22);1H/t11-,12-;/m0./s1. The molecule has 124 valence electrons. The minimum Gasteiger partial charge on any atom is -0.326 e. The van der Waals surface area contributed by atoms with Crippen LogP contribution in [0.15, 0.2) is 36.7 Å². The molecule has 2 atom stereocenters. The molecule has 7 heteroatoms. The number of carbonyl (C=O) groups is 1. The lowest BCUT2D eigenvalue weighted by Crippen LogP contribution is -2.40. The minimum atomic E-state index is 0. The molecule has 1 saturated heterocycles. The number of nitrogens with one attached hydrogen (secondary N) is 2. The number of benzene rings is 1. The van der Waals surface area contributed by atoms with Gasteiger partial charge in [-0.15, -0.1) is 12.4 Å². The van der Waals surface area contributed by atoms with E-state index in [1.54, 1.807) is 16.9 Å². The molecule has 0 spiro atoms. The number of aromatic nitrogens is 2. The first-order valence-corrected chi connectivity index (χ1v) is 7.85. The number of halogens is 2. The SMILES string of the molecule is C[C@H]1C[C@@H](C(=O)Nc2ccc(-n3cccn3)c(Cl)c2)CCN1.Cl. The third-order valence-electron chi connectivity index (χ3n) is 3.96. The van der Waals surface area contributed by atoms with Crippen molar-refractivity contribution in [1.82, 2.24) is 15.1 Å². The summed E-state index contributed by atoms with van der Waals surface area (Å²) in [5.74, 6) is 0.122. The molecule has 0 aliphatic carbocycles. The van der Waals surface area contributed by atoms with E-state index in [0.717, 1.165) is 30.8 Å². The van der Waals surface area contributed by atoms with Crippen LogP contribution in [0, 0.1) is 5.92 Å². The van der Waals surface area contributed by atoms with E-state index in [4.69, 9.17) is 11.6 Å². The van der Waals surface area contributed by atoms with E-state index < -0.39 is 0 Å². The fourth-order valence-corrected chi connectivity index (χ4v) is 3.06. The summed E-state index contributed by atoms with van der Waals surface area (Å²) in [6.07, 6.45) is 5.26. The normalized spacial score (nSPS) is 20.6. The van der Waals surface area contributed by atoms with E-state index in [9.17, 15) is 4.79 Å². The van der Waals surface area contributed by atoms with Gasteiger partial charge in [0.1, 0.15) is 0 Å². The zero-order chi connectivity index (χ0) is 15.5. The Hall–Kier alpha value is -1.56. The molecule has 1 amide bonds. The molecule has 3 rings (SSSR count). The molecular formula is C16H20Cl2N4O. The van der Waals surface area contributed by atoms with Crippen molar-refractivity contribution in [1.29, 1.82) is 0 Å². The lowest BCUT2D eigenvalue weighted by Gasteiger charge is -2.27. The van der Waals surface area contributed by atoms with Crippen LogP contribution in [0.25, 0.3) is 5.69 Å². The van der Waals surface area contributed by atoms with Crippen LogP contribution in [0.1, 0.15) is 19.8 Å². The fourth-order valence-electron chi connectivity index (χ4n) is 2.80. The van der Waals surface area contributed by atoms with Gasteiger partial charge in [-0.25, -0.2) is 4.68 Å². The summed E-state index contributed by atoms with van der Waals surface area (Å²) < 4.78 is 1.70. The first-order valence-electron chi connectivity index (χ1n) is 7.47. The van der Waals surface area contributed by atoms with E-state index >= 15 is 0 Å². The third-order valence-corrected chi connectivity index (χ3v) is 4.26. The van der Waals surface area contributed by atoms with Gasteiger partial charge in [0.15, 0.2) is 0 Å². The Balaban J connectivity index is 0.00000192. The zero-order valence-electron chi connectivity index (χ0n) is 12.8. The van der Waals surface area contributed by atoms with Crippen LogP contribution in [0.3, 0.4) is 0 Å². The second kappa shape index (κ2) is 7.81. The Morgan fingerprint density at radius 2 is 2.30 bits per heavy atom. The molecule has 0 unspecified atom stereocenters. The summed E-state index contributed by atoms with van der Waals surface area (Å²) in [5, 5.41) is 11.0. The second-order valence-electron chi connectivity index (χ2n) is 5.68. The summed E-state index contributed by atoms with van der Waals surface area (Å²) >= 11 is 6.29. The van der Waals surface area contributed by atoms with Gasteiger partial charge in [-0.3, -0.25) is 4.79 Å². The maximum atomic E-state index is 12.3. The van der Waals surface area contributed by atoms with Crippen LogP contribution >= 0.6 is 24.0 Å². The Morgan fingerprint density at radius 3 is 2.96 bits per heavy atom. The molecule has 0 radical (unpaired) electrons. The number of hydrogen-bond donors (Lipinski definition) is 2. The first kappa shape index (κ1) is 17.8.